The number of esters is 1. The standard InChI is InChI=1S/C32H29Cl2N3O4/c1-39-29(38)21-5-2-4-20(18-21)28-35-30(41-37-28)32-15-12-31(13-16-32,14-17-32)11-10-22-26(36-40-27(22)19-8-9-19)25-23(33)6-3-7-24(25)34/h2-7,10-11,18-19H,8-9,12-17H2,1H3/b11-10+. The lowest BCUT2D eigenvalue weighted by molar-refractivity contribution is 0.0569. The van der Waals surface area contributed by atoms with E-state index in [2.05, 4.69) is 22.5 Å². The first kappa shape index (κ1) is 26.5. The van der Waals surface area contributed by atoms with Gasteiger partial charge in [0.1, 0.15) is 11.5 Å². The normalized spacial score (nSPS) is 23.8. The molecule has 4 fully saturated rings. The Morgan fingerprint density at radius 3 is 2.37 bits per heavy atom. The second kappa shape index (κ2) is 10.1. The molecule has 0 atom stereocenters. The summed E-state index contributed by atoms with van der Waals surface area (Å²) in [6.07, 6.45) is 12.8. The molecule has 4 aromatic rings. The van der Waals surface area contributed by atoms with Crippen LogP contribution < -0.4 is 0 Å². The van der Waals surface area contributed by atoms with Crippen LogP contribution in [0.2, 0.25) is 10.0 Å². The summed E-state index contributed by atoms with van der Waals surface area (Å²) in [5, 5.41) is 9.85. The van der Waals surface area contributed by atoms with E-state index in [0.717, 1.165) is 73.8 Å². The number of methoxy groups -OCH3 is 1. The van der Waals surface area contributed by atoms with Crippen LogP contribution in [0.1, 0.15) is 84.9 Å². The number of carbonyl (C=O) groups excluding carboxylic acids is 1. The molecule has 0 amide bonds. The fraction of sp³-hybridized carbons (Fsp3) is 0.375. The minimum atomic E-state index is -0.393. The fourth-order valence-electron chi connectivity index (χ4n) is 6.52. The molecule has 0 radical (unpaired) electrons. The quantitative estimate of drug-likeness (QED) is 0.199. The first-order chi connectivity index (χ1) is 19.9. The topological polar surface area (TPSA) is 91.2 Å². The summed E-state index contributed by atoms with van der Waals surface area (Å²) < 4.78 is 16.6. The Morgan fingerprint density at radius 2 is 1.68 bits per heavy atom. The zero-order valence-corrected chi connectivity index (χ0v) is 24.2. The minimum absolute atomic E-state index is 0.0963. The van der Waals surface area contributed by atoms with Gasteiger partial charge in [-0.3, -0.25) is 0 Å². The highest BCUT2D eigenvalue weighted by molar-refractivity contribution is 6.39. The first-order valence-electron chi connectivity index (χ1n) is 14.1. The van der Waals surface area contributed by atoms with Crippen molar-refractivity contribution in [3.8, 4) is 22.6 Å². The van der Waals surface area contributed by atoms with E-state index in [0.29, 0.717) is 38.9 Å². The van der Waals surface area contributed by atoms with Gasteiger partial charge in [-0.1, -0.05) is 63.9 Å². The number of allylic oxidation sites excluding steroid dienone is 1. The van der Waals surface area contributed by atoms with Crippen LogP contribution in [0, 0.1) is 5.41 Å². The van der Waals surface area contributed by atoms with Gasteiger partial charge in [-0.2, -0.15) is 4.98 Å². The third-order valence-electron chi connectivity index (χ3n) is 9.23. The average molecular weight is 591 g/mol. The molecule has 0 N–H and O–H groups in total. The number of rotatable bonds is 7. The first-order valence-corrected chi connectivity index (χ1v) is 14.8. The Kier molecular flexibility index (Phi) is 6.55. The summed E-state index contributed by atoms with van der Waals surface area (Å²) in [5.74, 6) is 2.13. The van der Waals surface area contributed by atoms with E-state index in [4.69, 9.17) is 42.0 Å². The number of hydrogen-bond donors (Lipinski definition) is 0. The molecule has 4 saturated carbocycles. The maximum absolute atomic E-state index is 12.0. The molecular formula is C32H29Cl2N3O4. The SMILES string of the molecule is COC(=O)c1cccc(-c2noc(C34CCC(/C=C/c5c(-c6c(Cl)cccc6Cl)noc5C5CC5)(CC3)CC4)n2)c1. The van der Waals surface area contributed by atoms with E-state index >= 15 is 0 Å². The van der Waals surface area contributed by atoms with E-state index in [1.165, 1.54) is 7.11 Å². The molecule has 9 heteroatoms. The van der Waals surface area contributed by atoms with Gasteiger partial charge >= 0.3 is 5.97 Å². The third kappa shape index (κ3) is 4.69. The molecule has 0 aliphatic heterocycles. The number of aromatic nitrogens is 3. The number of hydrogen-bond acceptors (Lipinski definition) is 7. The van der Waals surface area contributed by atoms with Crippen molar-refractivity contribution in [2.24, 2.45) is 5.41 Å². The Hall–Kier alpha value is -3.42. The molecule has 8 rings (SSSR count). The highest BCUT2D eigenvalue weighted by Gasteiger charge is 2.51. The maximum atomic E-state index is 12.0. The largest absolute Gasteiger partial charge is 0.465 e. The van der Waals surface area contributed by atoms with Crippen molar-refractivity contribution in [2.75, 3.05) is 7.11 Å². The second-order valence-corrected chi connectivity index (χ2v) is 12.5. The van der Waals surface area contributed by atoms with Gasteiger partial charge in [0, 0.05) is 28.0 Å². The summed E-state index contributed by atoms with van der Waals surface area (Å²) >= 11 is 13.1. The van der Waals surface area contributed by atoms with E-state index < -0.39 is 5.97 Å². The number of nitrogens with zero attached hydrogens (tertiary/aromatic N) is 3. The molecule has 210 valence electrons. The Labute approximate surface area is 247 Å². The van der Waals surface area contributed by atoms with Gasteiger partial charge < -0.3 is 13.8 Å². The lowest BCUT2D eigenvalue weighted by atomic mass is 9.53. The third-order valence-corrected chi connectivity index (χ3v) is 9.86. The van der Waals surface area contributed by atoms with Crippen molar-refractivity contribution in [3.63, 3.8) is 0 Å². The summed E-state index contributed by atoms with van der Waals surface area (Å²) in [4.78, 5) is 16.8. The van der Waals surface area contributed by atoms with Gasteiger partial charge in [0.25, 0.3) is 0 Å². The molecule has 0 spiro atoms. The van der Waals surface area contributed by atoms with Crippen LogP contribution in [0.15, 0.2) is 57.6 Å². The molecule has 2 bridgehead atoms. The van der Waals surface area contributed by atoms with Crippen LogP contribution in [0.3, 0.4) is 0 Å². The van der Waals surface area contributed by atoms with Gasteiger partial charge in [0.05, 0.1) is 22.7 Å². The van der Waals surface area contributed by atoms with Crippen LogP contribution >= 0.6 is 23.2 Å². The molecule has 41 heavy (non-hydrogen) atoms. The van der Waals surface area contributed by atoms with Crippen molar-refractivity contribution in [1.82, 2.24) is 15.3 Å². The number of benzene rings is 2. The molecule has 4 aliphatic rings. The minimum Gasteiger partial charge on any atom is -0.465 e. The molecular weight excluding hydrogens is 561 g/mol. The summed E-state index contributed by atoms with van der Waals surface area (Å²) in [6.45, 7) is 0. The highest BCUT2D eigenvalue weighted by Crippen LogP contribution is 2.58. The molecule has 2 aromatic heterocycles. The average Bonchev–Trinajstić information content (AvgIpc) is 3.56. The number of fused-ring (bicyclic) bond motifs is 3. The summed E-state index contributed by atoms with van der Waals surface area (Å²) in [7, 11) is 1.37. The van der Waals surface area contributed by atoms with Gasteiger partial charge in [0.2, 0.25) is 11.7 Å². The Balaban J connectivity index is 1.12. The highest BCUT2D eigenvalue weighted by atomic mass is 35.5. The molecule has 0 unspecified atom stereocenters. The smallest absolute Gasteiger partial charge is 0.337 e. The maximum Gasteiger partial charge on any atom is 0.337 e. The summed E-state index contributed by atoms with van der Waals surface area (Å²) in [6, 6.07) is 12.6. The van der Waals surface area contributed by atoms with Crippen LogP contribution in [-0.2, 0) is 10.2 Å². The number of halogens is 2. The number of ether oxygens (including phenoxy) is 1. The predicted molar refractivity (Wildman–Crippen MR) is 156 cm³/mol. The Bertz CT molecular complexity index is 1620. The van der Waals surface area contributed by atoms with Crippen LogP contribution in [0.25, 0.3) is 28.7 Å². The lowest BCUT2D eigenvalue weighted by Crippen LogP contribution is -2.43. The van der Waals surface area contributed by atoms with Crippen molar-refractivity contribution >= 4 is 35.2 Å². The van der Waals surface area contributed by atoms with Gasteiger partial charge in [0.15, 0.2) is 0 Å². The molecule has 2 aromatic carbocycles. The predicted octanol–water partition coefficient (Wildman–Crippen LogP) is 8.67. The zero-order valence-electron chi connectivity index (χ0n) is 22.7. The van der Waals surface area contributed by atoms with Gasteiger partial charge in [-0.25, -0.2) is 4.79 Å². The summed E-state index contributed by atoms with van der Waals surface area (Å²) in [5.41, 5.74) is 3.60. The van der Waals surface area contributed by atoms with E-state index in [-0.39, 0.29) is 10.8 Å². The van der Waals surface area contributed by atoms with Crippen molar-refractivity contribution in [2.45, 2.75) is 62.7 Å². The van der Waals surface area contributed by atoms with Crippen LogP contribution in [0.5, 0.6) is 0 Å². The van der Waals surface area contributed by atoms with Gasteiger partial charge in [-0.15, -0.1) is 0 Å². The van der Waals surface area contributed by atoms with E-state index in [1.54, 1.807) is 18.2 Å². The van der Waals surface area contributed by atoms with Gasteiger partial charge in [-0.05, 0) is 81.0 Å². The zero-order chi connectivity index (χ0) is 28.2. The lowest BCUT2D eigenvalue weighted by Gasteiger charge is -2.50. The van der Waals surface area contributed by atoms with Crippen molar-refractivity contribution in [1.29, 1.82) is 0 Å². The van der Waals surface area contributed by atoms with E-state index in [1.807, 2.05) is 24.3 Å². The van der Waals surface area contributed by atoms with Crippen LogP contribution in [0.4, 0.5) is 0 Å². The van der Waals surface area contributed by atoms with Crippen molar-refractivity contribution in [3.05, 3.63) is 81.4 Å². The van der Waals surface area contributed by atoms with Crippen molar-refractivity contribution < 1.29 is 18.6 Å². The second-order valence-electron chi connectivity index (χ2n) is 11.7. The fourth-order valence-corrected chi connectivity index (χ4v) is 7.10. The van der Waals surface area contributed by atoms with Crippen LogP contribution in [-0.4, -0.2) is 28.4 Å². The number of carbonyl (C=O) groups is 1. The monoisotopic (exact) mass is 589 g/mol. The molecule has 2 heterocycles. The molecule has 4 aliphatic carbocycles. The molecule has 7 nitrogen and oxygen atoms in total. The van der Waals surface area contributed by atoms with E-state index in [9.17, 15) is 4.79 Å². The Morgan fingerprint density at radius 1 is 0.976 bits per heavy atom. The molecule has 0 saturated heterocycles.